The summed E-state index contributed by atoms with van der Waals surface area (Å²) in [6.07, 6.45) is -0.511. The highest BCUT2D eigenvalue weighted by Crippen LogP contribution is 2.27. The van der Waals surface area contributed by atoms with Crippen LogP contribution in [0, 0.1) is 11.8 Å². The second kappa shape index (κ2) is 9.73. The second-order valence-electron chi connectivity index (χ2n) is 6.73. The van der Waals surface area contributed by atoms with Gasteiger partial charge < -0.3 is 9.84 Å². The van der Waals surface area contributed by atoms with Crippen molar-refractivity contribution in [3.63, 3.8) is 0 Å². The molecular formula is C21H22N2O6S. The van der Waals surface area contributed by atoms with Crippen molar-refractivity contribution in [3.8, 4) is 17.6 Å². The predicted octanol–water partition coefficient (Wildman–Crippen LogP) is 1.14. The van der Waals surface area contributed by atoms with Gasteiger partial charge in [-0.1, -0.05) is 30.0 Å². The van der Waals surface area contributed by atoms with Crippen LogP contribution in [0.4, 0.5) is 0 Å². The Balaban J connectivity index is 1.69. The summed E-state index contributed by atoms with van der Waals surface area (Å²) >= 11 is 0. The Morgan fingerprint density at radius 1 is 1.13 bits per heavy atom. The molecule has 1 aliphatic heterocycles. The molecule has 0 aromatic heterocycles. The Bertz CT molecular complexity index is 1030. The third-order valence-electron chi connectivity index (χ3n) is 4.67. The summed E-state index contributed by atoms with van der Waals surface area (Å²) in [5, 5.41) is 18.8. The van der Waals surface area contributed by atoms with Gasteiger partial charge in [-0.05, 0) is 49.2 Å². The van der Waals surface area contributed by atoms with E-state index in [9.17, 15) is 18.3 Å². The quantitative estimate of drug-likeness (QED) is 0.372. The smallest absolute Gasteiger partial charge is 0.261 e. The minimum absolute atomic E-state index is 0.0462. The first-order chi connectivity index (χ1) is 14.4. The van der Waals surface area contributed by atoms with Crippen molar-refractivity contribution >= 4 is 15.9 Å². The minimum atomic E-state index is -4.06. The van der Waals surface area contributed by atoms with Crippen molar-refractivity contribution in [2.45, 2.75) is 29.9 Å². The number of hydroxylamine groups is 1. The Morgan fingerprint density at radius 2 is 1.83 bits per heavy atom. The number of hydrogen-bond donors (Lipinski definition) is 3. The number of carbonyl (C=O) groups is 1. The molecule has 3 N–H and O–H groups in total. The largest absolute Gasteiger partial charge is 0.481 e. The topological polar surface area (TPSA) is 116 Å². The molecule has 0 spiro atoms. The molecule has 1 aliphatic rings. The Kier molecular flexibility index (Phi) is 7.07. The summed E-state index contributed by atoms with van der Waals surface area (Å²) in [6, 6.07) is 14.1. The van der Waals surface area contributed by atoms with Crippen molar-refractivity contribution in [1.82, 2.24) is 9.79 Å². The predicted molar refractivity (Wildman–Crippen MR) is 108 cm³/mol. The van der Waals surface area contributed by atoms with E-state index < -0.39 is 28.1 Å². The van der Waals surface area contributed by atoms with E-state index in [0.717, 1.165) is 9.87 Å². The molecule has 1 saturated heterocycles. The van der Waals surface area contributed by atoms with E-state index in [1.54, 1.807) is 0 Å². The van der Waals surface area contributed by atoms with Gasteiger partial charge >= 0.3 is 0 Å². The van der Waals surface area contributed by atoms with E-state index in [1.807, 2.05) is 30.3 Å². The van der Waals surface area contributed by atoms with Crippen LogP contribution in [0.25, 0.3) is 0 Å². The highest BCUT2D eigenvalue weighted by atomic mass is 32.2. The van der Waals surface area contributed by atoms with E-state index >= 15 is 0 Å². The van der Waals surface area contributed by atoms with Crippen molar-refractivity contribution < 1.29 is 28.3 Å². The summed E-state index contributed by atoms with van der Waals surface area (Å²) in [7, 11) is -4.06. The van der Waals surface area contributed by atoms with Gasteiger partial charge in [0.25, 0.3) is 5.91 Å². The van der Waals surface area contributed by atoms with Crippen molar-refractivity contribution in [2.24, 2.45) is 0 Å². The average molecular weight is 430 g/mol. The van der Waals surface area contributed by atoms with Crippen LogP contribution in [0.3, 0.4) is 0 Å². The van der Waals surface area contributed by atoms with E-state index in [1.165, 1.54) is 29.7 Å². The molecule has 0 aliphatic carbocycles. The van der Waals surface area contributed by atoms with Gasteiger partial charge in [0.05, 0.1) is 11.0 Å². The first kappa shape index (κ1) is 21.8. The van der Waals surface area contributed by atoms with Crippen LogP contribution in [0.5, 0.6) is 5.75 Å². The Hall–Kier alpha value is -2.90. The van der Waals surface area contributed by atoms with Gasteiger partial charge in [-0.2, -0.15) is 4.31 Å². The molecule has 0 bridgehead atoms. The normalized spacial score (nSPS) is 19.4. The molecule has 0 radical (unpaired) electrons. The maximum absolute atomic E-state index is 13.0. The van der Waals surface area contributed by atoms with E-state index in [0.29, 0.717) is 5.75 Å². The Morgan fingerprint density at radius 3 is 2.50 bits per heavy atom. The summed E-state index contributed by atoms with van der Waals surface area (Å²) in [5.41, 5.74) is 2.36. The molecule has 2 aromatic rings. The number of β-amino-alcohol motifs (C(OH)–C–C–N with tert-alkyl or cyclic N) is 1. The van der Waals surface area contributed by atoms with Crippen molar-refractivity contribution in [3.05, 3.63) is 60.2 Å². The molecule has 2 unspecified atom stereocenters. The van der Waals surface area contributed by atoms with Crippen LogP contribution >= 0.6 is 0 Å². The lowest BCUT2D eigenvalue weighted by molar-refractivity contribution is -0.135. The third kappa shape index (κ3) is 5.17. The number of piperidine rings is 1. The zero-order chi connectivity index (χ0) is 21.6. The van der Waals surface area contributed by atoms with Gasteiger partial charge in [-0.25, -0.2) is 13.9 Å². The molecule has 1 fully saturated rings. The summed E-state index contributed by atoms with van der Waals surface area (Å²) in [6.45, 7) is -0.0915. The zero-order valence-corrected chi connectivity index (χ0v) is 16.9. The van der Waals surface area contributed by atoms with Crippen LogP contribution in [-0.2, 0) is 14.8 Å². The molecule has 158 valence electrons. The number of hydrogen-bond acceptors (Lipinski definition) is 6. The van der Waals surface area contributed by atoms with Crippen molar-refractivity contribution in [2.75, 3.05) is 13.2 Å². The lowest BCUT2D eigenvalue weighted by Crippen LogP contribution is -2.54. The number of nitrogens with one attached hydrogen (secondary N) is 1. The lowest BCUT2D eigenvalue weighted by Gasteiger charge is -2.35. The highest BCUT2D eigenvalue weighted by molar-refractivity contribution is 7.89. The van der Waals surface area contributed by atoms with Gasteiger partial charge in [0, 0.05) is 12.1 Å². The number of ether oxygens (including phenoxy) is 1. The maximum atomic E-state index is 13.0. The molecule has 1 amide bonds. The average Bonchev–Trinajstić information content (AvgIpc) is 2.77. The first-order valence-corrected chi connectivity index (χ1v) is 10.8. The molecular weight excluding hydrogens is 408 g/mol. The number of amides is 1. The summed E-state index contributed by atoms with van der Waals surface area (Å²) in [4.78, 5) is 11.8. The SMILES string of the molecule is O=C(NO)C1CCC(O)CN1S(=O)(=O)c1ccc(OCC#Cc2ccccc2)cc1. The molecule has 30 heavy (non-hydrogen) atoms. The summed E-state index contributed by atoms with van der Waals surface area (Å²) < 4.78 is 32.4. The number of nitrogens with zero attached hydrogens (tertiary/aromatic N) is 1. The van der Waals surface area contributed by atoms with Crippen LogP contribution < -0.4 is 10.2 Å². The standard InChI is InChI=1S/C21H22N2O6S/c24-17-8-13-20(21(25)22-26)23(15-17)30(27,28)19-11-9-18(10-12-19)29-14-4-7-16-5-2-1-3-6-16/h1-3,5-6,9-12,17,20,24,26H,8,13-15H2,(H,22,25). The Labute approximate surface area is 175 Å². The molecule has 3 rings (SSSR count). The van der Waals surface area contributed by atoms with Gasteiger partial charge in [0.2, 0.25) is 10.0 Å². The van der Waals surface area contributed by atoms with Crippen LogP contribution in [0.15, 0.2) is 59.5 Å². The van der Waals surface area contributed by atoms with Gasteiger partial charge in [0.1, 0.15) is 18.4 Å². The molecule has 1 heterocycles. The van der Waals surface area contributed by atoms with Crippen LogP contribution in [0.2, 0.25) is 0 Å². The van der Waals surface area contributed by atoms with Gasteiger partial charge in [-0.15, -0.1) is 0 Å². The number of rotatable bonds is 5. The van der Waals surface area contributed by atoms with Crippen LogP contribution in [-0.4, -0.2) is 54.2 Å². The highest BCUT2D eigenvalue weighted by Gasteiger charge is 2.40. The molecule has 8 nitrogen and oxygen atoms in total. The number of sulfonamides is 1. The van der Waals surface area contributed by atoms with Crippen LogP contribution in [0.1, 0.15) is 18.4 Å². The number of aliphatic hydroxyl groups excluding tert-OH is 1. The lowest BCUT2D eigenvalue weighted by atomic mass is 10.0. The number of carbonyl (C=O) groups excluding carboxylic acids is 1. The third-order valence-corrected chi connectivity index (χ3v) is 6.56. The fourth-order valence-electron chi connectivity index (χ4n) is 3.14. The van der Waals surface area contributed by atoms with Gasteiger partial charge in [0.15, 0.2) is 0 Å². The minimum Gasteiger partial charge on any atom is -0.481 e. The fraction of sp³-hybridized carbons (Fsp3) is 0.286. The van der Waals surface area contributed by atoms with E-state index in [-0.39, 0.29) is 30.9 Å². The second-order valence-corrected chi connectivity index (χ2v) is 8.62. The van der Waals surface area contributed by atoms with E-state index in [4.69, 9.17) is 9.94 Å². The molecule has 2 atom stereocenters. The fourth-order valence-corrected chi connectivity index (χ4v) is 4.80. The number of benzene rings is 2. The molecule has 9 heteroatoms. The first-order valence-electron chi connectivity index (χ1n) is 9.32. The summed E-state index contributed by atoms with van der Waals surface area (Å²) in [5.74, 6) is 5.45. The van der Waals surface area contributed by atoms with E-state index in [2.05, 4.69) is 11.8 Å². The number of aliphatic hydroxyl groups is 1. The molecule has 2 aromatic carbocycles. The van der Waals surface area contributed by atoms with Gasteiger partial charge in [-0.3, -0.25) is 10.0 Å². The monoisotopic (exact) mass is 430 g/mol. The molecule has 0 saturated carbocycles. The maximum Gasteiger partial charge on any atom is 0.261 e. The zero-order valence-electron chi connectivity index (χ0n) is 16.1. The van der Waals surface area contributed by atoms with Crippen molar-refractivity contribution in [1.29, 1.82) is 0 Å².